The molecule has 0 aliphatic heterocycles. The van der Waals surface area contributed by atoms with Crippen molar-refractivity contribution in [1.82, 2.24) is 0 Å². The molecule has 1 unspecified atom stereocenters. The second kappa shape index (κ2) is 7.25. The van der Waals surface area contributed by atoms with Gasteiger partial charge in [0.25, 0.3) is 0 Å². The minimum Gasteiger partial charge on any atom is -0.457 e. The normalized spacial score (nSPS) is 12.2. The van der Waals surface area contributed by atoms with Crippen LogP contribution in [0.4, 0.5) is 4.39 Å². The lowest BCUT2D eigenvalue weighted by molar-refractivity contribution is 0.470. The summed E-state index contributed by atoms with van der Waals surface area (Å²) in [7, 11) is 0. The van der Waals surface area contributed by atoms with Crippen LogP contribution in [0.3, 0.4) is 0 Å². The Hall–Kier alpha value is -1.10. The molecule has 2 aromatic carbocycles. The van der Waals surface area contributed by atoms with Crippen molar-refractivity contribution in [2.24, 2.45) is 5.73 Å². The van der Waals surface area contributed by atoms with Crippen molar-refractivity contribution in [2.75, 3.05) is 0 Å². The van der Waals surface area contributed by atoms with Gasteiger partial charge in [0.1, 0.15) is 17.3 Å². The quantitative estimate of drug-likeness (QED) is 0.771. The third-order valence-electron chi connectivity index (χ3n) is 3.15. The van der Waals surface area contributed by atoms with Gasteiger partial charge in [0.2, 0.25) is 0 Å². The SMILES string of the molecule is CCC(N)Cc1cc(Br)ccc1Oc1ccc(F)c(Cl)c1. The van der Waals surface area contributed by atoms with Gasteiger partial charge in [-0.3, -0.25) is 0 Å². The summed E-state index contributed by atoms with van der Waals surface area (Å²) in [6.45, 7) is 2.04. The van der Waals surface area contributed by atoms with E-state index in [4.69, 9.17) is 22.1 Å². The standard InChI is InChI=1S/C16H16BrClFNO/c1-2-12(20)8-10-7-11(17)3-6-16(10)21-13-4-5-15(19)14(18)9-13/h3-7,9,12H,2,8,20H2,1H3. The van der Waals surface area contributed by atoms with Gasteiger partial charge in [0.15, 0.2) is 0 Å². The maximum atomic E-state index is 13.2. The van der Waals surface area contributed by atoms with Gasteiger partial charge in [-0.25, -0.2) is 4.39 Å². The average molecular weight is 373 g/mol. The Bertz CT molecular complexity index is 636. The van der Waals surface area contributed by atoms with Gasteiger partial charge in [-0.15, -0.1) is 0 Å². The molecule has 2 aromatic rings. The predicted octanol–water partition coefficient (Wildman–Crippen LogP) is 5.31. The fraction of sp³-hybridized carbons (Fsp3) is 0.250. The summed E-state index contributed by atoms with van der Waals surface area (Å²) in [6, 6.07) is 10.1. The molecule has 0 saturated carbocycles. The Kier molecular flexibility index (Phi) is 5.62. The van der Waals surface area contributed by atoms with Crippen LogP contribution in [0, 0.1) is 5.82 Å². The van der Waals surface area contributed by atoms with E-state index >= 15 is 0 Å². The van der Waals surface area contributed by atoms with Crippen LogP contribution in [0.15, 0.2) is 40.9 Å². The van der Waals surface area contributed by atoms with Crippen LogP contribution in [0.25, 0.3) is 0 Å². The molecule has 0 saturated heterocycles. The molecule has 112 valence electrons. The molecule has 0 spiro atoms. The van der Waals surface area contributed by atoms with Crippen LogP contribution in [0.5, 0.6) is 11.5 Å². The van der Waals surface area contributed by atoms with Gasteiger partial charge in [-0.2, -0.15) is 0 Å². The topological polar surface area (TPSA) is 35.2 Å². The van der Waals surface area contributed by atoms with Crippen molar-refractivity contribution in [1.29, 1.82) is 0 Å². The van der Waals surface area contributed by atoms with E-state index in [1.54, 1.807) is 6.07 Å². The Morgan fingerprint density at radius 2 is 2.05 bits per heavy atom. The Labute approximate surface area is 137 Å². The first kappa shape index (κ1) is 16.3. The first-order chi connectivity index (χ1) is 9.99. The number of hydrogen-bond donors (Lipinski definition) is 1. The minimum atomic E-state index is -0.465. The molecule has 0 bridgehead atoms. The lowest BCUT2D eigenvalue weighted by Gasteiger charge is -2.15. The molecule has 0 aromatic heterocycles. The summed E-state index contributed by atoms with van der Waals surface area (Å²) in [5.74, 6) is 0.730. The lowest BCUT2D eigenvalue weighted by Crippen LogP contribution is -2.21. The molecule has 0 fully saturated rings. The summed E-state index contributed by atoms with van der Waals surface area (Å²) in [4.78, 5) is 0. The zero-order chi connectivity index (χ0) is 15.4. The second-order valence-corrected chi connectivity index (χ2v) is 6.13. The van der Waals surface area contributed by atoms with E-state index in [-0.39, 0.29) is 11.1 Å². The molecule has 2 N–H and O–H groups in total. The van der Waals surface area contributed by atoms with Crippen LogP contribution < -0.4 is 10.5 Å². The highest BCUT2D eigenvalue weighted by Crippen LogP contribution is 2.31. The van der Waals surface area contributed by atoms with Crippen LogP contribution in [0.1, 0.15) is 18.9 Å². The number of nitrogens with two attached hydrogens (primary N) is 1. The van der Waals surface area contributed by atoms with E-state index in [0.29, 0.717) is 17.9 Å². The van der Waals surface area contributed by atoms with Crippen LogP contribution in [-0.4, -0.2) is 6.04 Å². The molecule has 21 heavy (non-hydrogen) atoms. The monoisotopic (exact) mass is 371 g/mol. The molecular formula is C16H16BrClFNO. The molecule has 2 rings (SSSR count). The average Bonchev–Trinajstić information content (AvgIpc) is 2.45. The summed E-state index contributed by atoms with van der Waals surface area (Å²) in [5, 5.41) is 0.0384. The molecule has 0 amide bonds. The third kappa shape index (κ3) is 4.43. The van der Waals surface area contributed by atoms with E-state index in [1.165, 1.54) is 12.1 Å². The Balaban J connectivity index is 2.28. The van der Waals surface area contributed by atoms with E-state index in [1.807, 2.05) is 25.1 Å². The van der Waals surface area contributed by atoms with Crippen LogP contribution in [-0.2, 0) is 6.42 Å². The van der Waals surface area contributed by atoms with Crippen molar-refractivity contribution in [3.63, 3.8) is 0 Å². The molecule has 0 heterocycles. The van der Waals surface area contributed by atoms with Gasteiger partial charge in [-0.05, 0) is 48.7 Å². The smallest absolute Gasteiger partial charge is 0.142 e. The number of benzene rings is 2. The highest BCUT2D eigenvalue weighted by atomic mass is 79.9. The van der Waals surface area contributed by atoms with E-state index in [0.717, 1.165) is 16.5 Å². The first-order valence-corrected chi connectivity index (χ1v) is 7.83. The summed E-state index contributed by atoms with van der Waals surface area (Å²) in [5.41, 5.74) is 7.02. The van der Waals surface area contributed by atoms with Crippen molar-refractivity contribution in [2.45, 2.75) is 25.8 Å². The fourth-order valence-electron chi connectivity index (χ4n) is 1.90. The predicted molar refractivity (Wildman–Crippen MR) is 87.6 cm³/mol. The molecule has 0 radical (unpaired) electrons. The van der Waals surface area contributed by atoms with Crippen LogP contribution >= 0.6 is 27.5 Å². The highest BCUT2D eigenvalue weighted by Gasteiger charge is 2.10. The minimum absolute atomic E-state index is 0.0384. The van der Waals surface area contributed by atoms with Gasteiger partial charge in [-0.1, -0.05) is 34.5 Å². The van der Waals surface area contributed by atoms with Crippen molar-refractivity contribution < 1.29 is 9.13 Å². The zero-order valence-corrected chi connectivity index (χ0v) is 13.9. The highest BCUT2D eigenvalue weighted by molar-refractivity contribution is 9.10. The van der Waals surface area contributed by atoms with Gasteiger partial charge >= 0.3 is 0 Å². The van der Waals surface area contributed by atoms with E-state index in [9.17, 15) is 4.39 Å². The zero-order valence-electron chi connectivity index (χ0n) is 11.6. The Morgan fingerprint density at radius 3 is 2.71 bits per heavy atom. The second-order valence-electron chi connectivity index (χ2n) is 4.80. The summed E-state index contributed by atoms with van der Waals surface area (Å²) in [6.07, 6.45) is 1.59. The van der Waals surface area contributed by atoms with E-state index in [2.05, 4.69) is 15.9 Å². The molecule has 0 aliphatic carbocycles. The van der Waals surface area contributed by atoms with Gasteiger partial charge in [0.05, 0.1) is 5.02 Å². The van der Waals surface area contributed by atoms with Crippen molar-refractivity contribution in [3.8, 4) is 11.5 Å². The van der Waals surface area contributed by atoms with Gasteiger partial charge in [0, 0.05) is 16.6 Å². The third-order valence-corrected chi connectivity index (χ3v) is 3.93. The maximum absolute atomic E-state index is 13.2. The largest absolute Gasteiger partial charge is 0.457 e. The fourth-order valence-corrected chi connectivity index (χ4v) is 2.48. The molecule has 0 aliphatic rings. The molecular weight excluding hydrogens is 357 g/mol. The Morgan fingerprint density at radius 1 is 1.29 bits per heavy atom. The lowest BCUT2D eigenvalue weighted by atomic mass is 10.0. The molecule has 5 heteroatoms. The maximum Gasteiger partial charge on any atom is 0.142 e. The summed E-state index contributed by atoms with van der Waals surface area (Å²) >= 11 is 9.22. The molecule has 1 atom stereocenters. The van der Waals surface area contributed by atoms with Crippen molar-refractivity contribution in [3.05, 3.63) is 57.3 Å². The van der Waals surface area contributed by atoms with Crippen LogP contribution in [0.2, 0.25) is 5.02 Å². The number of halogens is 3. The van der Waals surface area contributed by atoms with E-state index < -0.39 is 5.82 Å². The molecule has 2 nitrogen and oxygen atoms in total. The van der Waals surface area contributed by atoms with Crippen molar-refractivity contribution >= 4 is 27.5 Å². The number of hydrogen-bond acceptors (Lipinski definition) is 2. The number of ether oxygens (including phenoxy) is 1. The first-order valence-electron chi connectivity index (χ1n) is 6.66. The number of rotatable bonds is 5. The van der Waals surface area contributed by atoms with Gasteiger partial charge < -0.3 is 10.5 Å². The summed E-state index contributed by atoms with van der Waals surface area (Å²) < 4.78 is 20.0.